The Balaban J connectivity index is 1.29. The van der Waals surface area contributed by atoms with E-state index < -0.39 is 0 Å². The van der Waals surface area contributed by atoms with Crippen molar-refractivity contribution in [2.75, 3.05) is 18.7 Å². The first kappa shape index (κ1) is 21.4. The van der Waals surface area contributed by atoms with Gasteiger partial charge in [-0.1, -0.05) is 55.2 Å². The van der Waals surface area contributed by atoms with E-state index in [0.29, 0.717) is 39.4 Å². The van der Waals surface area contributed by atoms with Crippen LogP contribution in [0.1, 0.15) is 30.9 Å². The van der Waals surface area contributed by atoms with E-state index in [2.05, 4.69) is 24.4 Å². The van der Waals surface area contributed by atoms with Crippen LogP contribution in [0.4, 0.5) is 5.69 Å². The molecule has 8 heteroatoms. The van der Waals surface area contributed by atoms with Gasteiger partial charge < -0.3 is 14.8 Å². The lowest BCUT2D eigenvalue weighted by Crippen LogP contribution is -2.29. The number of nitrogens with one attached hydrogen (secondary N) is 1. The molecule has 0 saturated carbocycles. The van der Waals surface area contributed by atoms with Gasteiger partial charge >= 0.3 is 0 Å². The second-order valence-electron chi connectivity index (χ2n) is 7.15. The maximum atomic E-state index is 12.7. The van der Waals surface area contributed by atoms with Crippen LogP contribution in [0.25, 0.3) is 6.08 Å². The molecule has 160 valence electrons. The number of nitrogens with zero attached hydrogens (tertiary/aromatic N) is 1. The van der Waals surface area contributed by atoms with Crippen LogP contribution in [-0.4, -0.2) is 34.4 Å². The van der Waals surface area contributed by atoms with E-state index in [1.807, 2.05) is 18.2 Å². The first-order chi connectivity index (χ1) is 15.0. The van der Waals surface area contributed by atoms with Gasteiger partial charge in [0.2, 0.25) is 12.7 Å². The number of carbonyl (C=O) groups excluding carboxylic acids is 2. The van der Waals surface area contributed by atoms with Crippen molar-refractivity contribution < 1.29 is 19.1 Å². The Kier molecular flexibility index (Phi) is 6.58. The van der Waals surface area contributed by atoms with E-state index in [1.54, 1.807) is 23.1 Å². The highest BCUT2D eigenvalue weighted by molar-refractivity contribution is 8.26. The highest BCUT2D eigenvalue weighted by Gasteiger charge is 2.31. The number of thiocarbonyl (C=S) groups is 1. The molecule has 4 rings (SSSR count). The summed E-state index contributed by atoms with van der Waals surface area (Å²) in [5, 5.41) is 2.84. The molecule has 0 aromatic heterocycles. The summed E-state index contributed by atoms with van der Waals surface area (Å²) in [7, 11) is 0. The van der Waals surface area contributed by atoms with Crippen LogP contribution in [0, 0.1) is 0 Å². The Morgan fingerprint density at radius 1 is 1.19 bits per heavy atom. The number of anilines is 1. The second-order valence-corrected chi connectivity index (χ2v) is 8.82. The van der Waals surface area contributed by atoms with Crippen molar-refractivity contribution in [3.8, 4) is 11.5 Å². The summed E-state index contributed by atoms with van der Waals surface area (Å²) in [6, 6.07) is 13.4. The van der Waals surface area contributed by atoms with E-state index in [4.69, 9.17) is 21.7 Å². The van der Waals surface area contributed by atoms with Crippen LogP contribution in [0.5, 0.6) is 11.5 Å². The van der Waals surface area contributed by atoms with Crippen LogP contribution in [-0.2, 0) is 16.0 Å². The summed E-state index contributed by atoms with van der Waals surface area (Å²) in [5.74, 6) is 1.05. The first-order valence-corrected chi connectivity index (χ1v) is 11.3. The third kappa shape index (κ3) is 5.08. The fraction of sp³-hybridized carbons (Fsp3) is 0.261. The van der Waals surface area contributed by atoms with Crippen LogP contribution in [0.15, 0.2) is 47.4 Å². The maximum Gasteiger partial charge on any atom is 0.266 e. The summed E-state index contributed by atoms with van der Waals surface area (Å²) in [6.07, 6.45) is 3.64. The summed E-state index contributed by atoms with van der Waals surface area (Å²) in [6.45, 7) is 2.70. The minimum absolute atomic E-state index is 0.106. The van der Waals surface area contributed by atoms with Gasteiger partial charge in [0.15, 0.2) is 11.5 Å². The Hall–Kier alpha value is -2.84. The Morgan fingerprint density at radius 3 is 2.74 bits per heavy atom. The number of benzene rings is 2. The predicted molar refractivity (Wildman–Crippen MR) is 126 cm³/mol. The Morgan fingerprint density at radius 2 is 1.97 bits per heavy atom. The number of aryl methyl sites for hydroxylation is 1. The van der Waals surface area contributed by atoms with Gasteiger partial charge in [-0.25, -0.2) is 0 Å². The summed E-state index contributed by atoms with van der Waals surface area (Å²) in [4.78, 5) is 27.2. The molecule has 0 unspecified atom stereocenters. The van der Waals surface area contributed by atoms with Crippen LogP contribution in [0.3, 0.4) is 0 Å². The smallest absolute Gasteiger partial charge is 0.266 e. The Labute approximate surface area is 190 Å². The number of hydrogen-bond acceptors (Lipinski definition) is 6. The molecule has 0 aliphatic carbocycles. The first-order valence-electron chi connectivity index (χ1n) is 10.1. The van der Waals surface area contributed by atoms with Crippen molar-refractivity contribution in [3.63, 3.8) is 0 Å². The molecule has 2 aromatic rings. The van der Waals surface area contributed by atoms with Gasteiger partial charge in [0.05, 0.1) is 4.91 Å². The molecule has 2 heterocycles. The fourth-order valence-corrected chi connectivity index (χ4v) is 4.60. The molecule has 2 aliphatic rings. The van der Waals surface area contributed by atoms with E-state index in [1.165, 1.54) is 17.3 Å². The van der Waals surface area contributed by atoms with Crippen molar-refractivity contribution in [1.82, 2.24) is 4.90 Å². The van der Waals surface area contributed by atoms with Crippen molar-refractivity contribution in [3.05, 3.63) is 58.5 Å². The number of rotatable bonds is 7. The summed E-state index contributed by atoms with van der Waals surface area (Å²) >= 11 is 6.68. The van der Waals surface area contributed by atoms with Crippen molar-refractivity contribution in [2.24, 2.45) is 0 Å². The highest BCUT2D eigenvalue weighted by atomic mass is 32.2. The third-order valence-electron chi connectivity index (χ3n) is 5.00. The van der Waals surface area contributed by atoms with Gasteiger partial charge in [0.1, 0.15) is 4.32 Å². The average Bonchev–Trinajstić information content (AvgIpc) is 3.33. The van der Waals surface area contributed by atoms with Gasteiger partial charge in [0.25, 0.3) is 5.91 Å². The molecule has 2 amide bonds. The molecule has 0 radical (unpaired) electrons. The molecular formula is C23H22N2O4S2. The quantitative estimate of drug-likeness (QED) is 0.487. The molecule has 2 aromatic carbocycles. The Bertz CT molecular complexity index is 1050. The minimum Gasteiger partial charge on any atom is -0.454 e. The standard InChI is InChI=1S/C23H22N2O4S2/c1-2-15-5-7-16(8-6-15)12-20-22(27)25(23(30)31-20)11-3-4-21(26)24-17-9-10-18-19(13-17)29-14-28-18/h5-10,12-13H,2-4,11,14H2,1H3,(H,24,26)/b20-12-. The lowest BCUT2D eigenvalue weighted by molar-refractivity contribution is -0.122. The van der Waals surface area contributed by atoms with Gasteiger partial charge in [-0.15, -0.1) is 0 Å². The number of ether oxygens (including phenoxy) is 2. The lowest BCUT2D eigenvalue weighted by atomic mass is 10.1. The molecule has 6 nitrogen and oxygen atoms in total. The monoisotopic (exact) mass is 454 g/mol. The zero-order chi connectivity index (χ0) is 21.8. The van der Waals surface area contributed by atoms with E-state index in [0.717, 1.165) is 12.0 Å². The summed E-state index contributed by atoms with van der Waals surface area (Å²) in [5.41, 5.74) is 2.88. The van der Waals surface area contributed by atoms with E-state index in [-0.39, 0.29) is 25.0 Å². The van der Waals surface area contributed by atoms with Crippen LogP contribution < -0.4 is 14.8 Å². The number of carbonyl (C=O) groups is 2. The van der Waals surface area contributed by atoms with Crippen molar-refractivity contribution >= 4 is 51.9 Å². The normalized spacial score (nSPS) is 16.3. The van der Waals surface area contributed by atoms with Crippen LogP contribution >= 0.6 is 24.0 Å². The molecule has 31 heavy (non-hydrogen) atoms. The molecule has 2 aliphatic heterocycles. The lowest BCUT2D eigenvalue weighted by Gasteiger charge is -2.14. The van der Waals surface area contributed by atoms with E-state index in [9.17, 15) is 9.59 Å². The SMILES string of the molecule is CCc1ccc(/C=C2\SC(=S)N(CCCC(=O)Nc3ccc4c(c3)OCO4)C2=O)cc1. The fourth-order valence-electron chi connectivity index (χ4n) is 3.29. The molecular weight excluding hydrogens is 432 g/mol. The molecule has 1 fully saturated rings. The van der Waals surface area contributed by atoms with Crippen LogP contribution in [0.2, 0.25) is 0 Å². The highest BCUT2D eigenvalue weighted by Crippen LogP contribution is 2.34. The number of thioether (sulfide) groups is 1. The minimum atomic E-state index is -0.129. The molecule has 1 N–H and O–H groups in total. The van der Waals surface area contributed by atoms with Gasteiger partial charge in [0, 0.05) is 24.7 Å². The second kappa shape index (κ2) is 9.53. The average molecular weight is 455 g/mol. The maximum absolute atomic E-state index is 12.7. The molecule has 0 spiro atoms. The largest absolute Gasteiger partial charge is 0.454 e. The number of fused-ring (bicyclic) bond motifs is 1. The zero-order valence-corrected chi connectivity index (χ0v) is 18.7. The zero-order valence-electron chi connectivity index (χ0n) is 17.1. The molecule has 0 bridgehead atoms. The number of hydrogen-bond donors (Lipinski definition) is 1. The van der Waals surface area contributed by atoms with Gasteiger partial charge in [-0.3, -0.25) is 14.5 Å². The van der Waals surface area contributed by atoms with Crippen molar-refractivity contribution in [1.29, 1.82) is 0 Å². The predicted octanol–water partition coefficient (Wildman–Crippen LogP) is 4.60. The van der Waals surface area contributed by atoms with E-state index >= 15 is 0 Å². The molecule has 1 saturated heterocycles. The van der Waals surface area contributed by atoms with Gasteiger partial charge in [-0.05, 0) is 42.2 Å². The summed E-state index contributed by atoms with van der Waals surface area (Å²) < 4.78 is 11.1. The van der Waals surface area contributed by atoms with Gasteiger partial charge in [-0.2, -0.15) is 0 Å². The number of amides is 2. The van der Waals surface area contributed by atoms with Crippen molar-refractivity contribution in [2.45, 2.75) is 26.2 Å². The topological polar surface area (TPSA) is 67.9 Å². The molecule has 0 atom stereocenters. The third-order valence-corrected chi connectivity index (χ3v) is 6.38.